The van der Waals surface area contributed by atoms with Gasteiger partial charge in [0.2, 0.25) is 5.95 Å². The van der Waals surface area contributed by atoms with Gasteiger partial charge < -0.3 is 9.84 Å². The van der Waals surface area contributed by atoms with Crippen LogP contribution in [0.3, 0.4) is 0 Å². The third-order valence-electron chi connectivity index (χ3n) is 2.75. The number of nitrogens with zero attached hydrogens (tertiary/aromatic N) is 3. The van der Waals surface area contributed by atoms with Crippen molar-refractivity contribution in [1.82, 2.24) is 15.1 Å². The molecule has 0 aliphatic carbocycles. The Bertz CT molecular complexity index is 565. The van der Waals surface area contributed by atoms with Crippen LogP contribution in [0.2, 0.25) is 5.02 Å². The Morgan fingerprint density at radius 2 is 2.16 bits per heavy atom. The highest BCUT2D eigenvalue weighted by atomic mass is 35.5. The number of hydrogen-bond acceptors (Lipinski definition) is 7. The number of anilines is 2. The number of nitrogens with two attached hydrogens (primary N) is 1. The van der Waals surface area contributed by atoms with Crippen molar-refractivity contribution in [3.63, 3.8) is 0 Å². The van der Waals surface area contributed by atoms with E-state index >= 15 is 0 Å². The van der Waals surface area contributed by atoms with Gasteiger partial charge in [0.15, 0.2) is 5.82 Å². The number of hydrogen-bond donors (Lipinski definition) is 3. The first kappa shape index (κ1) is 13.6. The Labute approximate surface area is 115 Å². The van der Waals surface area contributed by atoms with Gasteiger partial charge in [-0.1, -0.05) is 16.8 Å². The standard InChI is InChI=1S/C11H15ClN6O/c1-5(9-6(2)18-19-7(9)3)15-10-8(12)4-14-11(16-10)17-13/h4-5H,13H2,1-3H3,(H2,14,15,16,17). The average molecular weight is 283 g/mol. The van der Waals surface area contributed by atoms with E-state index < -0.39 is 0 Å². The van der Waals surface area contributed by atoms with Crippen LogP contribution in [0.25, 0.3) is 0 Å². The molecule has 0 aromatic carbocycles. The third-order valence-corrected chi connectivity index (χ3v) is 3.02. The second kappa shape index (κ2) is 5.41. The highest BCUT2D eigenvalue weighted by molar-refractivity contribution is 6.32. The zero-order valence-electron chi connectivity index (χ0n) is 10.9. The molecule has 19 heavy (non-hydrogen) atoms. The monoisotopic (exact) mass is 282 g/mol. The first-order valence-electron chi connectivity index (χ1n) is 5.71. The van der Waals surface area contributed by atoms with E-state index in [1.807, 2.05) is 20.8 Å². The highest BCUT2D eigenvalue weighted by Gasteiger charge is 2.18. The first-order valence-corrected chi connectivity index (χ1v) is 6.09. The van der Waals surface area contributed by atoms with Gasteiger partial charge in [0, 0.05) is 5.56 Å². The van der Waals surface area contributed by atoms with Gasteiger partial charge in [0.05, 0.1) is 17.9 Å². The molecular formula is C11H15ClN6O. The van der Waals surface area contributed by atoms with E-state index in [0.717, 1.165) is 17.0 Å². The highest BCUT2D eigenvalue weighted by Crippen LogP contribution is 2.27. The summed E-state index contributed by atoms with van der Waals surface area (Å²) in [4.78, 5) is 8.07. The lowest BCUT2D eigenvalue weighted by Crippen LogP contribution is -2.14. The van der Waals surface area contributed by atoms with Crippen molar-refractivity contribution >= 4 is 23.4 Å². The summed E-state index contributed by atoms with van der Waals surface area (Å²) >= 11 is 6.04. The lowest BCUT2D eigenvalue weighted by molar-refractivity contribution is 0.392. The zero-order chi connectivity index (χ0) is 14.0. The molecule has 2 rings (SSSR count). The normalized spacial score (nSPS) is 12.3. The van der Waals surface area contributed by atoms with Crippen molar-refractivity contribution in [3.8, 4) is 0 Å². The second-order valence-electron chi connectivity index (χ2n) is 4.14. The smallest absolute Gasteiger partial charge is 0.239 e. The molecule has 0 aliphatic heterocycles. The van der Waals surface area contributed by atoms with Gasteiger partial charge in [0.25, 0.3) is 0 Å². The van der Waals surface area contributed by atoms with Crippen LogP contribution in [0.1, 0.15) is 30.0 Å². The molecule has 0 amide bonds. The summed E-state index contributed by atoms with van der Waals surface area (Å²) in [6.45, 7) is 5.72. The van der Waals surface area contributed by atoms with Crippen LogP contribution in [0.4, 0.5) is 11.8 Å². The Balaban J connectivity index is 2.26. The lowest BCUT2D eigenvalue weighted by Gasteiger charge is -2.15. The van der Waals surface area contributed by atoms with E-state index in [4.69, 9.17) is 22.0 Å². The third kappa shape index (κ3) is 2.77. The van der Waals surface area contributed by atoms with Gasteiger partial charge in [-0.3, -0.25) is 5.43 Å². The predicted molar refractivity (Wildman–Crippen MR) is 72.9 cm³/mol. The van der Waals surface area contributed by atoms with E-state index in [0.29, 0.717) is 10.8 Å². The molecule has 2 aromatic heterocycles. The molecule has 8 heteroatoms. The zero-order valence-corrected chi connectivity index (χ0v) is 11.6. The van der Waals surface area contributed by atoms with Gasteiger partial charge in [-0.15, -0.1) is 0 Å². The summed E-state index contributed by atoms with van der Waals surface area (Å²) in [6, 6.07) is -0.0516. The molecule has 0 bridgehead atoms. The van der Waals surface area contributed by atoms with Crippen molar-refractivity contribution in [3.05, 3.63) is 28.2 Å². The molecule has 2 heterocycles. The molecule has 7 nitrogen and oxygen atoms in total. The van der Waals surface area contributed by atoms with E-state index in [1.54, 1.807) is 0 Å². The number of nitrogen functional groups attached to an aromatic ring is 1. The fraction of sp³-hybridized carbons (Fsp3) is 0.364. The van der Waals surface area contributed by atoms with Crippen LogP contribution in [-0.2, 0) is 0 Å². The summed E-state index contributed by atoms with van der Waals surface area (Å²) in [5, 5.41) is 7.53. The Hall–Kier alpha value is -1.86. The molecule has 0 aliphatic rings. The van der Waals surface area contributed by atoms with Crippen LogP contribution in [0, 0.1) is 13.8 Å². The van der Waals surface area contributed by atoms with Gasteiger partial charge in [-0.2, -0.15) is 4.98 Å². The first-order chi connectivity index (χ1) is 9.02. The molecule has 1 unspecified atom stereocenters. The number of halogens is 1. The number of nitrogens with one attached hydrogen (secondary N) is 2. The molecule has 0 fully saturated rings. The van der Waals surface area contributed by atoms with Crippen molar-refractivity contribution in [2.24, 2.45) is 5.84 Å². The van der Waals surface area contributed by atoms with Gasteiger partial charge in [-0.25, -0.2) is 10.8 Å². The lowest BCUT2D eigenvalue weighted by atomic mass is 10.1. The maximum absolute atomic E-state index is 6.04. The average Bonchev–Trinajstić information content (AvgIpc) is 2.71. The number of rotatable bonds is 4. The van der Waals surface area contributed by atoms with Gasteiger partial charge in [-0.05, 0) is 20.8 Å². The molecule has 2 aromatic rings. The van der Waals surface area contributed by atoms with E-state index in [2.05, 4.69) is 25.9 Å². The molecule has 1 atom stereocenters. The fourth-order valence-corrected chi connectivity index (χ4v) is 2.07. The van der Waals surface area contributed by atoms with Crippen LogP contribution in [-0.4, -0.2) is 15.1 Å². The van der Waals surface area contributed by atoms with E-state index in [9.17, 15) is 0 Å². The molecule has 0 spiro atoms. The Kier molecular flexibility index (Phi) is 3.87. The number of hydrazine groups is 1. The van der Waals surface area contributed by atoms with Crippen molar-refractivity contribution in [2.45, 2.75) is 26.8 Å². The Morgan fingerprint density at radius 1 is 1.42 bits per heavy atom. The van der Waals surface area contributed by atoms with Crippen LogP contribution in [0.15, 0.2) is 10.7 Å². The maximum atomic E-state index is 6.04. The van der Waals surface area contributed by atoms with Crippen molar-refractivity contribution in [2.75, 3.05) is 10.7 Å². The minimum Gasteiger partial charge on any atom is -0.362 e. The maximum Gasteiger partial charge on any atom is 0.239 e. The molecule has 102 valence electrons. The van der Waals surface area contributed by atoms with Gasteiger partial charge in [0.1, 0.15) is 10.8 Å². The number of aromatic nitrogens is 3. The summed E-state index contributed by atoms with van der Waals surface area (Å²) in [5.41, 5.74) is 4.19. The van der Waals surface area contributed by atoms with Gasteiger partial charge >= 0.3 is 0 Å². The summed E-state index contributed by atoms with van der Waals surface area (Å²) in [5.74, 6) is 6.82. The van der Waals surface area contributed by atoms with Crippen molar-refractivity contribution < 1.29 is 4.52 Å². The minimum absolute atomic E-state index is 0.0516. The summed E-state index contributed by atoms with van der Waals surface area (Å²) in [7, 11) is 0. The van der Waals surface area contributed by atoms with E-state index in [1.165, 1.54) is 6.20 Å². The van der Waals surface area contributed by atoms with Crippen LogP contribution in [0.5, 0.6) is 0 Å². The molecule has 4 N–H and O–H groups in total. The van der Waals surface area contributed by atoms with Crippen LogP contribution < -0.4 is 16.6 Å². The van der Waals surface area contributed by atoms with Crippen molar-refractivity contribution in [1.29, 1.82) is 0 Å². The van der Waals surface area contributed by atoms with E-state index in [-0.39, 0.29) is 12.0 Å². The molecule has 0 saturated carbocycles. The Morgan fingerprint density at radius 3 is 2.74 bits per heavy atom. The largest absolute Gasteiger partial charge is 0.362 e. The molecule has 0 radical (unpaired) electrons. The predicted octanol–water partition coefficient (Wildman–Crippen LogP) is 2.19. The topological polar surface area (TPSA) is 102 Å². The SMILES string of the molecule is Cc1noc(C)c1C(C)Nc1nc(NN)ncc1Cl. The summed E-state index contributed by atoms with van der Waals surface area (Å²) < 4.78 is 5.14. The molecule has 0 saturated heterocycles. The minimum atomic E-state index is -0.0516. The van der Waals surface area contributed by atoms with Crippen LogP contribution >= 0.6 is 11.6 Å². The second-order valence-corrected chi connectivity index (χ2v) is 4.55. The number of aryl methyl sites for hydroxylation is 2. The fourth-order valence-electron chi connectivity index (χ4n) is 1.92. The molecular weight excluding hydrogens is 268 g/mol. The summed E-state index contributed by atoms with van der Waals surface area (Å²) in [6.07, 6.45) is 1.48. The quantitative estimate of drug-likeness (QED) is 0.583.